The molecule has 8 heteroatoms. The summed E-state index contributed by atoms with van der Waals surface area (Å²) >= 11 is 0. The highest BCUT2D eigenvalue weighted by Gasteiger charge is 2.39. The summed E-state index contributed by atoms with van der Waals surface area (Å²) in [7, 11) is 0. The van der Waals surface area contributed by atoms with E-state index in [9.17, 15) is 19.2 Å². The Morgan fingerprint density at radius 1 is 0.397 bits per heavy atom. The summed E-state index contributed by atoms with van der Waals surface area (Å²) in [5.74, 6) is -0.796. The van der Waals surface area contributed by atoms with Crippen molar-refractivity contribution in [1.29, 1.82) is 0 Å². The van der Waals surface area contributed by atoms with Crippen molar-refractivity contribution in [2.75, 3.05) is 49.1 Å². The van der Waals surface area contributed by atoms with Crippen LogP contribution in [0.2, 0.25) is 0 Å². The van der Waals surface area contributed by atoms with Gasteiger partial charge in [-0.2, -0.15) is 0 Å². The zero-order valence-electron chi connectivity index (χ0n) is 34.9. The number of benzene rings is 5. The first-order chi connectivity index (χ1) is 28.4. The number of carbonyl (C=O) groups excluding carboxylic acids is 4. The summed E-state index contributed by atoms with van der Waals surface area (Å²) in [6.45, 7) is 8.83. The van der Waals surface area contributed by atoms with Crippen LogP contribution in [0.1, 0.15) is 171 Å². The average molecular weight is 781 g/mol. The Kier molecular flexibility index (Phi) is 11.0. The molecule has 0 unspecified atom stereocenters. The highest BCUT2D eigenvalue weighted by Crippen LogP contribution is 2.52. The van der Waals surface area contributed by atoms with Crippen LogP contribution in [0.15, 0.2) is 36.4 Å². The van der Waals surface area contributed by atoms with Gasteiger partial charge in [0, 0.05) is 94.1 Å². The number of hydrogen-bond acceptors (Lipinski definition) is 6. The first-order valence-electron chi connectivity index (χ1n) is 22.9. The van der Waals surface area contributed by atoms with Crippen LogP contribution in [0.25, 0.3) is 43.1 Å². The largest absolute Gasteiger partial charge is 0.371 e. The van der Waals surface area contributed by atoms with Crippen molar-refractivity contribution in [3.63, 3.8) is 0 Å². The highest BCUT2D eigenvalue weighted by molar-refractivity contribution is 6.44. The van der Waals surface area contributed by atoms with Crippen LogP contribution in [0.4, 0.5) is 11.4 Å². The maximum atomic E-state index is 14.7. The van der Waals surface area contributed by atoms with Gasteiger partial charge in [-0.3, -0.25) is 29.0 Å². The summed E-state index contributed by atoms with van der Waals surface area (Å²) in [6.07, 6.45) is 19.6. The minimum atomic E-state index is -0.205. The van der Waals surface area contributed by atoms with E-state index in [1.54, 1.807) is 0 Å². The van der Waals surface area contributed by atoms with Crippen molar-refractivity contribution in [3.05, 3.63) is 58.7 Å². The molecule has 4 aliphatic rings. The van der Waals surface area contributed by atoms with Crippen molar-refractivity contribution in [3.8, 4) is 0 Å². The second-order valence-electron chi connectivity index (χ2n) is 17.6. The number of anilines is 2. The maximum Gasteiger partial charge on any atom is 0.261 e. The van der Waals surface area contributed by atoms with Gasteiger partial charge in [0.2, 0.25) is 0 Å². The van der Waals surface area contributed by atoms with Gasteiger partial charge in [-0.05, 0) is 86.4 Å². The molecule has 58 heavy (non-hydrogen) atoms. The van der Waals surface area contributed by atoms with Crippen LogP contribution < -0.4 is 9.80 Å². The molecule has 0 atom stereocenters. The number of carbonyl (C=O) groups is 4. The Balaban J connectivity index is 1.26. The Labute approximate surface area is 343 Å². The molecule has 0 aromatic heterocycles. The van der Waals surface area contributed by atoms with Gasteiger partial charge >= 0.3 is 0 Å². The van der Waals surface area contributed by atoms with E-state index in [1.165, 1.54) is 61.2 Å². The second-order valence-corrected chi connectivity index (χ2v) is 17.6. The zero-order chi connectivity index (χ0) is 39.9. The zero-order valence-corrected chi connectivity index (χ0v) is 34.9. The first kappa shape index (κ1) is 38.8. The number of unbranched alkanes of at least 4 members (excludes halogenated alkanes) is 10. The Hall–Kier alpha value is -4.72. The fourth-order valence-corrected chi connectivity index (χ4v) is 10.8. The summed E-state index contributed by atoms with van der Waals surface area (Å²) < 4.78 is 0. The van der Waals surface area contributed by atoms with E-state index in [1.807, 2.05) is 12.1 Å². The summed E-state index contributed by atoms with van der Waals surface area (Å²) in [6, 6.07) is 12.3. The molecular formula is C50H60N4O4. The van der Waals surface area contributed by atoms with Crippen LogP contribution in [0, 0.1) is 0 Å². The molecule has 5 aromatic rings. The fourth-order valence-electron chi connectivity index (χ4n) is 10.8. The standard InChI is InChI=1S/C50H60N4O4/c1-3-5-7-9-11-19-29-53-47(55)35-23-21-33-44-40(52-27-17-14-18-28-52)32-38-42-36(48(56)54(50(38)58)30-20-12-10-8-6-4-2)24-22-34(46(42)44)43-39(51-25-15-13-16-26-51)31-37(49(53)57)41(35)45(33)43/h21-24,31-32H,3-20,25-30H2,1-2H3. The van der Waals surface area contributed by atoms with Crippen LogP contribution >= 0.6 is 0 Å². The molecule has 0 bridgehead atoms. The predicted molar refractivity (Wildman–Crippen MR) is 237 cm³/mol. The van der Waals surface area contributed by atoms with Gasteiger partial charge in [0.25, 0.3) is 23.6 Å². The summed E-state index contributed by atoms with van der Waals surface area (Å²) in [5, 5.41) is 7.46. The molecule has 4 amide bonds. The quantitative estimate of drug-likeness (QED) is 0.0429. The van der Waals surface area contributed by atoms with Crippen molar-refractivity contribution in [2.45, 2.75) is 129 Å². The second kappa shape index (κ2) is 16.5. The Bertz CT molecular complexity index is 2240. The molecule has 0 aliphatic carbocycles. The topological polar surface area (TPSA) is 81.2 Å². The average Bonchev–Trinajstić information content (AvgIpc) is 3.26. The molecule has 304 valence electrons. The molecule has 0 N–H and O–H groups in total. The number of hydrogen-bond donors (Lipinski definition) is 0. The lowest BCUT2D eigenvalue weighted by Crippen LogP contribution is -2.41. The smallest absolute Gasteiger partial charge is 0.261 e. The molecule has 9 rings (SSSR count). The lowest BCUT2D eigenvalue weighted by atomic mass is 9.80. The summed E-state index contributed by atoms with van der Waals surface area (Å²) in [5.41, 5.74) is 4.46. The molecule has 2 saturated heterocycles. The third-order valence-electron chi connectivity index (χ3n) is 13.8. The van der Waals surface area contributed by atoms with E-state index >= 15 is 0 Å². The Morgan fingerprint density at radius 2 is 0.759 bits per heavy atom. The molecule has 2 fully saturated rings. The van der Waals surface area contributed by atoms with Crippen LogP contribution in [-0.2, 0) is 0 Å². The monoisotopic (exact) mass is 780 g/mol. The van der Waals surface area contributed by atoms with Crippen molar-refractivity contribution >= 4 is 78.1 Å². The molecule has 4 aliphatic heterocycles. The first-order valence-corrected chi connectivity index (χ1v) is 22.9. The van der Waals surface area contributed by atoms with E-state index < -0.39 is 0 Å². The predicted octanol–water partition coefficient (Wildman–Crippen LogP) is 11.6. The molecular weight excluding hydrogens is 721 g/mol. The van der Waals surface area contributed by atoms with Gasteiger partial charge < -0.3 is 9.80 Å². The molecule has 0 saturated carbocycles. The molecule has 4 heterocycles. The Morgan fingerprint density at radius 3 is 1.16 bits per heavy atom. The molecule has 0 radical (unpaired) electrons. The SMILES string of the molecule is CCCCCCCCN1C(=O)c2ccc3c4c(N5CCCCC5)cc5c6c(ccc(c7c(N8CCCCC8)cc(c2c37)C1=O)c64)C(=O)N(CCCCCCCC)C5=O. The number of rotatable bonds is 16. The molecule has 8 nitrogen and oxygen atoms in total. The normalized spacial score (nSPS) is 17.4. The number of fused-ring (bicyclic) bond motifs is 2. The van der Waals surface area contributed by atoms with Crippen LogP contribution in [0.3, 0.4) is 0 Å². The van der Waals surface area contributed by atoms with Gasteiger partial charge in [0.05, 0.1) is 11.1 Å². The van der Waals surface area contributed by atoms with E-state index in [-0.39, 0.29) is 23.6 Å². The fraction of sp³-hybridized carbons (Fsp3) is 0.520. The lowest BCUT2D eigenvalue weighted by Gasteiger charge is -2.36. The van der Waals surface area contributed by atoms with E-state index in [0.29, 0.717) is 35.3 Å². The van der Waals surface area contributed by atoms with Crippen LogP contribution in [0.5, 0.6) is 0 Å². The number of amides is 4. The van der Waals surface area contributed by atoms with Gasteiger partial charge in [0.1, 0.15) is 0 Å². The van der Waals surface area contributed by atoms with E-state index in [2.05, 4.69) is 47.9 Å². The van der Waals surface area contributed by atoms with Crippen molar-refractivity contribution in [1.82, 2.24) is 9.80 Å². The lowest BCUT2D eigenvalue weighted by molar-refractivity contribution is 0.0592. The number of piperidine rings is 2. The van der Waals surface area contributed by atoms with E-state index in [0.717, 1.165) is 145 Å². The highest BCUT2D eigenvalue weighted by atomic mass is 16.2. The van der Waals surface area contributed by atoms with Gasteiger partial charge in [-0.25, -0.2) is 0 Å². The molecule has 5 aromatic carbocycles. The number of nitrogens with zero attached hydrogens (tertiary/aromatic N) is 4. The van der Waals surface area contributed by atoms with E-state index in [4.69, 9.17) is 0 Å². The van der Waals surface area contributed by atoms with Gasteiger partial charge in [0.15, 0.2) is 0 Å². The van der Waals surface area contributed by atoms with Gasteiger partial charge in [-0.1, -0.05) is 90.2 Å². The minimum Gasteiger partial charge on any atom is -0.371 e. The number of imide groups is 2. The third-order valence-corrected chi connectivity index (χ3v) is 13.8. The van der Waals surface area contributed by atoms with Crippen LogP contribution in [-0.4, -0.2) is 72.7 Å². The maximum absolute atomic E-state index is 14.7. The molecule has 0 spiro atoms. The summed E-state index contributed by atoms with van der Waals surface area (Å²) in [4.78, 5) is 66.1. The third kappa shape index (κ3) is 6.49. The van der Waals surface area contributed by atoms with Crippen molar-refractivity contribution in [2.24, 2.45) is 0 Å². The van der Waals surface area contributed by atoms with Crippen molar-refractivity contribution < 1.29 is 19.2 Å². The minimum absolute atomic E-state index is 0.193. The van der Waals surface area contributed by atoms with Gasteiger partial charge in [-0.15, -0.1) is 0 Å².